The van der Waals surface area contributed by atoms with Crippen LogP contribution in [0.3, 0.4) is 0 Å². The molecule has 0 amide bonds. The monoisotopic (exact) mass is 395 g/mol. The van der Waals surface area contributed by atoms with Crippen molar-refractivity contribution >= 4 is 16.9 Å². The quantitative estimate of drug-likeness (QED) is 0.704. The summed E-state index contributed by atoms with van der Waals surface area (Å²) in [7, 11) is 0. The molecule has 152 valence electrons. The van der Waals surface area contributed by atoms with Gasteiger partial charge in [0, 0.05) is 12.6 Å². The molecule has 1 aliphatic heterocycles. The molecule has 3 aromatic rings. The summed E-state index contributed by atoms with van der Waals surface area (Å²) in [5.74, 6) is 1.17. The Labute approximate surface area is 169 Å². The molecule has 3 heterocycles. The number of anilines is 1. The minimum absolute atomic E-state index is 0.0289. The largest absolute Gasteiger partial charge is 0.375 e. The van der Waals surface area contributed by atoms with Gasteiger partial charge in [0.2, 0.25) is 0 Å². The Bertz CT molecular complexity index is 1020. The molecule has 1 saturated heterocycles. The Balaban J connectivity index is 1.46. The molecular weight excluding hydrogens is 369 g/mol. The number of halogens is 1. The topological polar surface area (TPSA) is 64.9 Å². The highest BCUT2D eigenvalue weighted by atomic mass is 19.1. The van der Waals surface area contributed by atoms with Crippen LogP contribution in [0, 0.1) is 12.7 Å². The minimum Gasteiger partial charge on any atom is -0.375 e. The Hall–Kier alpha value is -2.54. The Morgan fingerprint density at radius 2 is 2.07 bits per heavy atom. The zero-order valence-corrected chi connectivity index (χ0v) is 16.7. The summed E-state index contributed by atoms with van der Waals surface area (Å²) in [6.45, 7) is 2.66. The van der Waals surface area contributed by atoms with Gasteiger partial charge in [0.15, 0.2) is 5.65 Å². The van der Waals surface area contributed by atoms with Gasteiger partial charge in [-0.25, -0.2) is 19.0 Å². The summed E-state index contributed by atoms with van der Waals surface area (Å²) in [4.78, 5) is 9.24. The van der Waals surface area contributed by atoms with Gasteiger partial charge in [-0.2, -0.15) is 5.10 Å². The van der Waals surface area contributed by atoms with Crippen LogP contribution in [0.2, 0.25) is 0 Å². The molecule has 2 fully saturated rings. The first-order valence-corrected chi connectivity index (χ1v) is 10.5. The number of ether oxygens (including phenoxy) is 1. The summed E-state index contributed by atoms with van der Waals surface area (Å²) in [6, 6.07) is 6.70. The van der Waals surface area contributed by atoms with Crippen LogP contribution >= 0.6 is 0 Å². The number of nitrogens with zero attached hydrogens (tertiary/aromatic N) is 4. The molecular formula is C22H26FN5O. The van der Waals surface area contributed by atoms with Gasteiger partial charge in [-0.1, -0.05) is 25.3 Å². The first-order chi connectivity index (χ1) is 14.1. The molecule has 2 aromatic heterocycles. The van der Waals surface area contributed by atoms with Gasteiger partial charge in [-0.05, 0) is 50.8 Å². The first-order valence-electron chi connectivity index (χ1n) is 10.5. The van der Waals surface area contributed by atoms with Crippen molar-refractivity contribution in [1.82, 2.24) is 19.7 Å². The number of fused-ring (bicyclic) bond motifs is 1. The van der Waals surface area contributed by atoms with E-state index >= 15 is 0 Å². The second-order valence-corrected chi connectivity index (χ2v) is 8.32. The molecule has 29 heavy (non-hydrogen) atoms. The molecule has 1 aromatic carbocycles. The number of aromatic nitrogens is 4. The lowest BCUT2D eigenvalue weighted by atomic mass is 9.78. The van der Waals surface area contributed by atoms with Crippen molar-refractivity contribution in [2.75, 3.05) is 11.9 Å². The van der Waals surface area contributed by atoms with Gasteiger partial charge in [-0.3, -0.25) is 0 Å². The molecule has 1 spiro atoms. The zero-order chi connectivity index (χ0) is 19.8. The molecule has 6 nitrogen and oxygen atoms in total. The molecule has 1 unspecified atom stereocenters. The first kappa shape index (κ1) is 18.5. The van der Waals surface area contributed by atoms with E-state index in [0.717, 1.165) is 43.5 Å². The van der Waals surface area contributed by atoms with Gasteiger partial charge < -0.3 is 10.1 Å². The maximum absolute atomic E-state index is 13.7. The van der Waals surface area contributed by atoms with Crippen molar-refractivity contribution in [2.45, 2.75) is 63.5 Å². The van der Waals surface area contributed by atoms with Crippen LogP contribution in [0.1, 0.15) is 50.8 Å². The van der Waals surface area contributed by atoms with E-state index in [-0.39, 0.29) is 11.4 Å². The fourth-order valence-corrected chi connectivity index (χ4v) is 4.81. The van der Waals surface area contributed by atoms with E-state index in [9.17, 15) is 4.39 Å². The average Bonchev–Trinajstić information content (AvgIpc) is 3.13. The third-order valence-electron chi connectivity index (χ3n) is 6.19. The molecule has 2 aliphatic rings. The lowest BCUT2D eigenvalue weighted by molar-refractivity contribution is -0.103. The summed E-state index contributed by atoms with van der Waals surface area (Å²) < 4.78 is 21.6. The van der Waals surface area contributed by atoms with Gasteiger partial charge >= 0.3 is 0 Å². The van der Waals surface area contributed by atoms with Crippen molar-refractivity contribution in [3.05, 3.63) is 42.1 Å². The lowest BCUT2D eigenvalue weighted by Crippen LogP contribution is -2.45. The van der Waals surface area contributed by atoms with Crippen LogP contribution in [0.15, 0.2) is 30.5 Å². The van der Waals surface area contributed by atoms with Crippen LogP contribution < -0.4 is 5.32 Å². The highest BCUT2D eigenvalue weighted by molar-refractivity contribution is 5.87. The van der Waals surface area contributed by atoms with Crippen molar-refractivity contribution < 1.29 is 9.13 Å². The number of hydrogen-bond donors (Lipinski definition) is 1. The molecule has 1 aliphatic carbocycles. The van der Waals surface area contributed by atoms with Crippen LogP contribution in [0.25, 0.3) is 16.7 Å². The van der Waals surface area contributed by atoms with Gasteiger partial charge in [0.05, 0.1) is 22.9 Å². The summed E-state index contributed by atoms with van der Waals surface area (Å²) in [5, 5.41) is 8.97. The Kier molecular flexibility index (Phi) is 4.70. The van der Waals surface area contributed by atoms with Crippen molar-refractivity contribution in [1.29, 1.82) is 0 Å². The number of aryl methyl sites for hydroxylation is 1. The second-order valence-electron chi connectivity index (χ2n) is 8.32. The van der Waals surface area contributed by atoms with Gasteiger partial charge in [0.25, 0.3) is 0 Å². The number of nitrogens with one attached hydrogen (secondary N) is 1. The summed E-state index contributed by atoms with van der Waals surface area (Å²) in [5.41, 5.74) is 1.36. The lowest BCUT2D eigenvalue weighted by Gasteiger charge is -2.43. The van der Waals surface area contributed by atoms with Gasteiger partial charge in [0.1, 0.15) is 17.5 Å². The van der Waals surface area contributed by atoms with E-state index in [1.54, 1.807) is 16.9 Å². The number of hydrogen-bond acceptors (Lipinski definition) is 5. The normalized spacial score (nSPS) is 21.5. The third kappa shape index (κ3) is 3.59. The fraction of sp³-hybridized carbons (Fsp3) is 0.500. The number of benzene rings is 1. The predicted octanol–water partition coefficient (Wildman–Crippen LogP) is 4.56. The van der Waals surface area contributed by atoms with E-state index in [1.165, 1.54) is 31.4 Å². The molecule has 0 radical (unpaired) electrons. The highest BCUT2D eigenvalue weighted by Gasteiger charge is 2.38. The SMILES string of the molecule is Cc1nc(NC2CCOC3(CCCCC3)C2)c2cnn(-c3cccc(F)c3)c2n1. The fourth-order valence-electron chi connectivity index (χ4n) is 4.81. The molecule has 1 atom stereocenters. The number of rotatable bonds is 3. The average molecular weight is 395 g/mol. The van der Waals surface area contributed by atoms with Crippen molar-refractivity contribution in [3.8, 4) is 5.69 Å². The van der Waals surface area contributed by atoms with Crippen molar-refractivity contribution in [3.63, 3.8) is 0 Å². The van der Waals surface area contributed by atoms with Crippen molar-refractivity contribution in [2.24, 2.45) is 0 Å². The molecule has 5 rings (SSSR count). The summed E-state index contributed by atoms with van der Waals surface area (Å²) >= 11 is 0. The summed E-state index contributed by atoms with van der Waals surface area (Å²) in [6.07, 6.45) is 9.86. The van der Waals surface area contributed by atoms with E-state index in [4.69, 9.17) is 4.74 Å². The van der Waals surface area contributed by atoms with Crippen LogP contribution in [0.5, 0.6) is 0 Å². The van der Waals surface area contributed by atoms with Crippen LogP contribution in [-0.4, -0.2) is 38.0 Å². The van der Waals surface area contributed by atoms with E-state index in [1.807, 2.05) is 13.0 Å². The standard InChI is InChI=1S/C22H26FN5O/c1-15-25-20(27-17-8-11-29-22(13-17)9-3-2-4-10-22)19-14-24-28(21(19)26-15)18-7-5-6-16(23)12-18/h5-7,12,14,17H,2-4,8-11,13H2,1H3,(H,25,26,27). The maximum Gasteiger partial charge on any atom is 0.168 e. The molecule has 7 heteroatoms. The molecule has 1 N–H and O–H groups in total. The molecule has 1 saturated carbocycles. The third-order valence-corrected chi connectivity index (χ3v) is 6.19. The van der Waals surface area contributed by atoms with Gasteiger partial charge in [-0.15, -0.1) is 0 Å². The smallest absolute Gasteiger partial charge is 0.168 e. The predicted molar refractivity (Wildman–Crippen MR) is 110 cm³/mol. The Morgan fingerprint density at radius 3 is 2.90 bits per heavy atom. The maximum atomic E-state index is 13.7. The van der Waals surface area contributed by atoms with Crippen LogP contribution in [0.4, 0.5) is 10.2 Å². The van der Waals surface area contributed by atoms with Crippen LogP contribution in [-0.2, 0) is 4.74 Å². The van der Waals surface area contributed by atoms with E-state index < -0.39 is 0 Å². The molecule has 0 bridgehead atoms. The Morgan fingerprint density at radius 1 is 1.21 bits per heavy atom. The second kappa shape index (κ2) is 7.37. The highest BCUT2D eigenvalue weighted by Crippen LogP contribution is 2.39. The minimum atomic E-state index is -0.296. The van der Waals surface area contributed by atoms with E-state index in [0.29, 0.717) is 23.2 Å². The zero-order valence-electron chi connectivity index (χ0n) is 16.7. The van der Waals surface area contributed by atoms with E-state index in [2.05, 4.69) is 20.4 Å².